The van der Waals surface area contributed by atoms with Gasteiger partial charge in [0.05, 0.1) is 35.7 Å². The van der Waals surface area contributed by atoms with Gasteiger partial charge in [-0.3, -0.25) is 4.98 Å². The maximum atomic E-state index is 12.0. The number of thiol groups is 1. The number of nitrogens with zero attached hydrogens (tertiary/aromatic N) is 2. The number of ether oxygens (including phenoxy) is 2. The molecule has 0 N–H and O–H groups in total. The van der Waals surface area contributed by atoms with Gasteiger partial charge >= 0.3 is 5.97 Å². The topological polar surface area (TPSA) is 72.2 Å². The van der Waals surface area contributed by atoms with Crippen LogP contribution < -0.4 is 0 Å². The number of carbonyl (C=O) groups excluding carboxylic acids is 1. The van der Waals surface area contributed by atoms with E-state index in [0.717, 1.165) is 0 Å². The molecule has 0 fully saturated rings. The van der Waals surface area contributed by atoms with E-state index >= 15 is 0 Å². The van der Waals surface area contributed by atoms with Gasteiger partial charge in [-0.05, 0) is 20.8 Å². The van der Waals surface area contributed by atoms with Crippen LogP contribution in [0.2, 0.25) is 0 Å². The second-order valence-electron chi connectivity index (χ2n) is 3.71. The zero-order valence-corrected chi connectivity index (χ0v) is 12.1. The van der Waals surface area contributed by atoms with Gasteiger partial charge in [-0.25, -0.2) is 4.79 Å². The molecule has 0 saturated carbocycles. The van der Waals surface area contributed by atoms with Crippen LogP contribution in [0.1, 0.15) is 41.2 Å². The monoisotopic (exact) mass is 280 g/mol. The third kappa shape index (κ3) is 3.46. The average Bonchev–Trinajstić information content (AvgIpc) is 2.36. The number of aryl methyl sites for hydroxylation is 1. The minimum atomic E-state index is -0.536. The molecule has 0 aromatic carbocycles. The quantitative estimate of drug-likeness (QED) is 0.661. The highest BCUT2D eigenvalue weighted by Crippen LogP contribution is 2.25. The third-order valence-corrected chi connectivity index (χ3v) is 2.91. The number of hydrogen-bond acceptors (Lipinski definition) is 6. The van der Waals surface area contributed by atoms with E-state index in [4.69, 9.17) is 14.7 Å². The highest BCUT2D eigenvalue weighted by atomic mass is 32.1. The summed E-state index contributed by atoms with van der Waals surface area (Å²) in [6.45, 7) is 6.20. The van der Waals surface area contributed by atoms with Crippen molar-refractivity contribution in [1.82, 2.24) is 4.98 Å². The van der Waals surface area contributed by atoms with Crippen LogP contribution in [0.3, 0.4) is 0 Å². The molecule has 1 heterocycles. The van der Waals surface area contributed by atoms with Crippen molar-refractivity contribution in [2.45, 2.75) is 32.3 Å². The maximum Gasteiger partial charge on any atom is 0.341 e. The van der Waals surface area contributed by atoms with Gasteiger partial charge in [0.25, 0.3) is 0 Å². The van der Waals surface area contributed by atoms with Crippen LogP contribution in [-0.4, -0.2) is 24.2 Å². The van der Waals surface area contributed by atoms with Gasteiger partial charge in [0.15, 0.2) is 0 Å². The minimum Gasteiger partial charge on any atom is -0.462 e. The molecule has 1 rings (SSSR count). The summed E-state index contributed by atoms with van der Waals surface area (Å²) >= 11 is 4.27. The molecule has 0 saturated heterocycles. The number of pyridine rings is 1. The third-order valence-electron chi connectivity index (χ3n) is 2.46. The zero-order valence-electron chi connectivity index (χ0n) is 11.2. The van der Waals surface area contributed by atoms with E-state index in [0.29, 0.717) is 22.9 Å². The molecule has 0 amide bonds. The van der Waals surface area contributed by atoms with E-state index in [9.17, 15) is 4.79 Å². The van der Waals surface area contributed by atoms with Gasteiger partial charge in [0.2, 0.25) is 0 Å². The smallest absolute Gasteiger partial charge is 0.341 e. The van der Waals surface area contributed by atoms with Crippen molar-refractivity contribution in [1.29, 1.82) is 5.26 Å². The van der Waals surface area contributed by atoms with Crippen molar-refractivity contribution in [3.05, 3.63) is 22.5 Å². The molecule has 19 heavy (non-hydrogen) atoms. The maximum absolute atomic E-state index is 12.0. The van der Waals surface area contributed by atoms with Gasteiger partial charge in [-0.15, -0.1) is 12.6 Å². The molecular weight excluding hydrogens is 264 g/mol. The Bertz CT molecular complexity index is 524. The van der Waals surface area contributed by atoms with Crippen LogP contribution in [-0.2, 0) is 16.1 Å². The van der Waals surface area contributed by atoms with Crippen LogP contribution in [0.4, 0.5) is 0 Å². The lowest BCUT2D eigenvalue weighted by atomic mass is 10.1. The molecule has 0 aliphatic carbocycles. The molecule has 5 nitrogen and oxygen atoms in total. The summed E-state index contributed by atoms with van der Waals surface area (Å²) in [5.74, 6) is -0.536. The number of rotatable bonds is 5. The molecule has 0 aliphatic heterocycles. The molecule has 6 heteroatoms. The normalized spacial score (nSPS) is 10.1. The van der Waals surface area contributed by atoms with Crippen molar-refractivity contribution in [3.8, 4) is 6.07 Å². The Morgan fingerprint density at radius 3 is 2.63 bits per heavy atom. The van der Waals surface area contributed by atoms with Gasteiger partial charge in [-0.1, -0.05) is 0 Å². The van der Waals surface area contributed by atoms with E-state index in [1.54, 1.807) is 13.8 Å². The molecule has 1 aromatic heterocycles. The summed E-state index contributed by atoms with van der Waals surface area (Å²) in [6, 6.07) is 2.00. The molecule has 0 unspecified atom stereocenters. The van der Waals surface area contributed by atoms with Crippen molar-refractivity contribution < 1.29 is 14.3 Å². The predicted octanol–water partition coefficient (Wildman–Crippen LogP) is 2.26. The summed E-state index contributed by atoms with van der Waals surface area (Å²) in [5.41, 5.74) is 1.46. The fourth-order valence-corrected chi connectivity index (χ4v) is 2.03. The second-order valence-corrected chi connectivity index (χ2v) is 4.16. The lowest BCUT2D eigenvalue weighted by Crippen LogP contribution is -2.14. The molecule has 0 aliphatic rings. The first kappa shape index (κ1) is 15.5. The first-order chi connectivity index (χ1) is 9.06. The van der Waals surface area contributed by atoms with E-state index in [2.05, 4.69) is 17.6 Å². The summed E-state index contributed by atoms with van der Waals surface area (Å²) in [4.78, 5) is 16.5. The second kappa shape index (κ2) is 7.12. The fraction of sp³-hybridized carbons (Fsp3) is 0.462. The van der Waals surface area contributed by atoms with Crippen molar-refractivity contribution in [3.63, 3.8) is 0 Å². The largest absolute Gasteiger partial charge is 0.462 e. The van der Waals surface area contributed by atoms with Crippen molar-refractivity contribution in [2.24, 2.45) is 0 Å². The molecular formula is C13H16N2O3S. The SMILES string of the molecule is CCOCc1nc(C)c(C#N)c(S)c1C(=O)OCC. The van der Waals surface area contributed by atoms with Gasteiger partial charge in [-0.2, -0.15) is 5.26 Å². The summed E-state index contributed by atoms with van der Waals surface area (Å²) < 4.78 is 10.3. The molecule has 102 valence electrons. The number of esters is 1. The summed E-state index contributed by atoms with van der Waals surface area (Å²) in [7, 11) is 0. The number of aromatic nitrogens is 1. The predicted molar refractivity (Wildman–Crippen MR) is 72.2 cm³/mol. The number of carbonyl (C=O) groups is 1. The van der Waals surface area contributed by atoms with Crippen LogP contribution >= 0.6 is 12.6 Å². The van der Waals surface area contributed by atoms with Crippen LogP contribution in [0.5, 0.6) is 0 Å². The van der Waals surface area contributed by atoms with Crippen LogP contribution in [0.15, 0.2) is 4.90 Å². The minimum absolute atomic E-state index is 0.185. The molecule has 0 bridgehead atoms. The number of nitriles is 1. The molecule has 0 radical (unpaired) electrons. The summed E-state index contributed by atoms with van der Waals surface area (Å²) in [6.07, 6.45) is 0. The van der Waals surface area contributed by atoms with Crippen LogP contribution in [0.25, 0.3) is 0 Å². The highest BCUT2D eigenvalue weighted by Gasteiger charge is 2.22. The Kier molecular flexibility index (Phi) is 5.80. The van der Waals surface area contributed by atoms with E-state index in [1.165, 1.54) is 0 Å². The zero-order chi connectivity index (χ0) is 14.4. The molecule has 1 aromatic rings. The summed E-state index contributed by atoms with van der Waals surface area (Å²) in [5, 5.41) is 9.08. The van der Waals surface area contributed by atoms with Gasteiger partial charge in [0.1, 0.15) is 6.07 Å². The van der Waals surface area contributed by atoms with Crippen LogP contribution in [0, 0.1) is 18.3 Å². The lowest BCUT2D eigenvalue weighted by molar-refractivity contribution is 0.0513. The molecule has 0 atom stereocenters. The van der Waals surface area contributed by atoms with Crippen molar-refractivity contribution in [2.75, 3.05) is 13.2 Å². The van der Waals surface area contributed by atoms with E-state index in [1.807, 2.05) is 13.0 Å². The Morgan fingerprint density at radius 1 is 1.42 bits per heavy atom. The van der Waals surface area contributed by atoms with E-state index < -0.39 is 5.97 Å². The molecule has 0 spiro atoms. The first-order valence-electron chi connectivity index (χ1n) is 5.94. The Labute approximate surface area is 118 Å². The fourth-order valence-electron chi connectivity index (χ4n) is 1.60. The van der Waals surface area contributed by atoms with Crippen molar-refractivity contribution >= 4 is 18.6 Å². The van der Waals surface area contributed by atoms with Gasteiger partial charge in [0, 0.05) is 11.5 Å². The van der Waals surface area contributed by atoms with E-state index in [-0.39, 0.29) is 24.3 Å². The Hall–Kier alpha value is -1.58. The average molecular weight is 280 g/mol. The Morgan fingerprint density at radius 2 is 2.11 bits per heavy atom. The highest BCUT2D eigenvalue weighted by molar-refractivity contribution is 7.80. The lowest BCUT2D eigenvalue weighted by Gasteiger charge is -2.13. The Balaban J connectivity index is 3.37. The standard InChI is InChI=1S/C13H16N2O3S/c1-4-17-7-10-11(13(16)18-5-2)12(19)9(6-14)8(3)15-10/h4-5,7H2,1-3H3,(H,15,19). The number of hydrogen-bond donors (Lipinski definition) is 1. The first-order valence-corrected chi connectivity index (χ1v) is 6.38. The van der Waals surface area contributed by atoms with Gasteiger partial charge < -0.3 is 9.47 Å².